The van der Waals surface area contributed by atoms with E-state index in [9.17, 15) is 0 Å². The molecule has 0 radical (unpaired) electrons. The van der Waals surface area contributed by atoms with Crippen LogP contribution in [0.25, 0.3) is 0 Å². The van der Waals surface area contributed by atoms with E-state index in [1.807, 2.05) is 9.80 Å². The molecule has 1 aromatic rings. The predicted molar refractivity (Wildman–Crippen MR) is 111 cm³/mol. The van der Waals surface area contributed by atoms with Crippen LogP contribution < -0.4 is 19.4 Å². The third-order valence-corrected chi connectivity index (χ3v) is 7.47. The molecule has 4 rings (SSSR count). The van der Waals surface area contributed by atoms with Crippen LogP contribution in [0.5, 0.6) is 5.75 Å². The molecule has 0 amide bonds. The van der Waals surface area contributed by atoms with Gasteiger partial charge in [-0.3, -0.25) is 0 Å². The number of methoxy groups -OCH3 is 1. The number of piperazine rings is 1. The first-order valence-corrected chi connectivity index (χ1v) is 11.4. The highest BCUT2D eigenvalue weighted by atomic mass is 16.5. The molecule has 2 saturated heterocycles. The summed E-state index contributed by atoms with van der Waals surface area (Å²) >= 11 is 0. The Bertz CT molecular complexity index is 569. The number of likely N-dealkylation sites (tertiary alicyclic amines) is 1. The highest BCUT2D eigenvalue weighted by Gasteiger charge is 2.35. The topological polar surface area (TPSA) is 21.4 Å². The predicted octanol–water partition coefficient (Wildman–Crippen LogP) is 1.17. The molecule has 27 heavy (non-hydrogen) atoms. The molecule has 0 bridgehead atoms. The van der Waals surface area contributed by atoms with Crippen molar-refractivity contribution in [3.8, 4) is 5.75 Å². The zero-order valence-corrected chi connectivity index (χ0v) is 17.2. The summed E-state index contributed by atoms with van der Waals surface area (Å²) in [7, 11) is 1.78. The monoisotopic (exact) mass is 373 g/mol. The fourth-order valence-corrected chi connectivity index (χ4v) is 5.83. The van der Waals surface area contributed by atoms with E-state index in [1.165, 1.54) is 83.2 Å². The van der Waals surface area contributed by atoms with Gasteiger partial charge in [-0.15, -0.1) is 0 Å². The van der Waals surface area contributed by atoms with Crippen LogP contribution in [-0.2, 0) is 0 Å². The van der Waals surface area contributed by atoms with E-state index in [1.54, 1.807) is 7.11 Å². The van der Waals surface area contributed by atoms with Crippen LogP contribution in [0.2, 0.25) is 0 Å². The van der Waals surface area contributed by atoms with Gasteiger partial charge < -0.3 is 19.4 Å². The number of piperidine rings is 1. The van der Waals surface area contributed by atoms with Crippen LogP contribution in [-0.4, -0.2) is 58.5 Å². The molecule has 4 nitrogen and oxygen atoms in total. The summed E-state index contributed by atoms with van der Waals surface area (Å²) in [5, 5.41) is 0. The maximum atomic E-state index is 5.57. The minimum Gasteiger partial charge on any atom is -0.495 e. The van der Waals surface area contributed by atoms with Crippen molar-refractivity contribution in [1.82, 2.24) is 0 Å². The smallest absolute Gasteiger partial charge is 0.142 e. The lowest BCUT2D eigenvalue weighted by Crippen LogP contribution is -3.23. The summed E-state index contributed by atoms with van der Waals surface area (Å²) in [6.07, 6.45) is 11.8. The van der Waals surface area contributed by atoms with Gasteiger partial charge in [0.15, 0.2) is 0 Å². The van der Waals surface area contributed by atoms with Crippen molar-refractivity contribution in [1.29, 1.82) is 0 Å². The Labute approximate surface area is 165 Å². The number of hydrogen-bond donors (Lipinski definition) is 2. The maximum absolute atomic E-state index is 5.57. The average molecular weight is 374 g/mol. The molecule has 0 spiro atoms. The summed E-state index contributed by atoms with van der Waals surface area (Å²) in [6.45, 7) is 7.73. The van der Waals surface area contributed by atoms with Crippen LogP contribution in [0.4, 0.5) is 5.69 Å². The minimum absolute atomic E-state index is 0.902. The lowest BCUT2D eigenvalue weighted by atomic mass is 9.98. The zero-order chi connectivity index (χ0) is 18.5. The Hall–Kier alpha value is -1.26. The van der Waals surface area contributed by atoms with E-state index in [0.717, 1.165) is 30.9 Å². The van der Waals surface area contributed by atoms with Crippen LogP contribution in [0.3, 0.4) is 0 Å². The zero-order valence-electron chi connectivity index (χ0n) is 17.2. The van der Waals surface area contributed by atoms with Gasteiger partial charge in [-0.25, -0.2) is 0 Å². The summed E-state index contributed by atoms with van der Waals surface area (Å²) in [6, 6.07) is 10.4. The van der Waals surface area contributed by atoms with Gasteiger partial charge in [-0.1, -0.05) is 25.0 Å². The third-order valence-electron chi connectivity index (χ3n) is 7.47. The van der Waals surface area contributed by atoms with Gasteiger partial charge in [0, 0.05) is 12.8 Å². The van der Waals surface area contributed by atoms with E-state index in [2.05, 4.69) is 29.2 Å². The van der Waals surface area contributed by atoms with Gasteiger partial charge in [0.1, 0.15) is 5.75 Å². The van der Waals surface area contributed by atoms with Crippen LogP contribution in [0, 0.1) is 0 Å². The van der Waals surface area contributed by atoms with Crippen molar-refractivity contribution in [3.63, 3.8) is 0 Å². The second kappa shape index (κ2) is 9.29. The van der Waals surface area contributed by atoms with E-state index >= 15 is 0 Å². The van der Waals surface area contributed by atoms with Gasteiger partial charge in [0.2, 0.25) is 0 Å². The Balaban J connectivity index is 1.26. The normalized spacial score (nSPS) is 28.7. The van der Waals surface area contributed by atoms with Gasteiger partial charge in [-0.05, 0) is 37.8 Å². The fraction of sp³-hybridized carbons (Fsp3) is 0.739. The molecule has 3 fully saturated rings. The summed E-state index contributed by atoms with van der Waals surface area (Å²) < 4.78 is 5.57. The summed E-state index contributed by atoms with van der Waals surface area (Å²) in [5.41, 5.74) is 1.27. The van der Waals surface area contributed by atoms with E-state index < -0.39 is 0 Å². The van der Waals surface area contributed by atoms with E-state index in [0.29, 0.717) is 0 Å². The van der Waals surface area contributed by atoms with Gasteiger partial charge >= 0.3 is 0 Å². The first-order valence-electron chi connectivity index (χ1n) is 11.4. The highest BCUT2D eigenvalue weighted by molar-refractivity contribution is 5.58. The van der Waals surface area contributed by atoms with E-state index in [-0.39, 0.29) is 0 Å². The fourth-order valence-electron chi connectivity index (χ4n) is 5.83. The first-order chi connectivity index (χ1) is 13.3. The number of ether oxygens (including phenoxy) is 1. The molecule has 4 heteroatoms. The minimum atomic E-state index is 0.902. The molecule has 150 valence electrons. The number of nitrogens with one attached hydrogen (secondary N) is 2. The molecule has 0 aromatic heterocycles. The Morgan fingerprint density at radius 3 is 2.04 bits per heavy atom. The number of nitrogens with zero attached hydrogens (tertiary/aromatic N) is 1. The first kappa shape index (κ1) is 19.1. The van der Waals surface area contributed by atoms with E-state index in [4.69, 9.17) is 4.74 Å². The SMILES string of the molecule is COc1ccccc1N1CC[NH+](C2CC[NH+](C3CCCCCC3)CC2)CC1. The van der Waals surface area contributed by atoms with Crippen molar-refractivity contribution in [2.24, 2.45) is 0 Å². The standard InChI is InChI=1S/C23H37N3O/c1-27-23-11-7-6-10-22(23)26-18-16-25(17-19-26)21-12-14-24(15-13-21)20-8-4-2-3-5-9-20/h6-7,10-11,20-21H,2-5,8-9,12-19H2,1H3/p+2. The van der Waals surface area contributed by atoms with Crippen LogP contribution in [0.1, 0.15) is 51.4 Å². The van der Waals surface area contributed by atoms with Crippen molar-refractivity contribution < 1.29 is 14.5 Å². The molecular formula is C23H39N3O+2. The molecule has 1 saturated carbocycles. The molecular weight excluding hydrogens is 334 g/mol. The Morgan fingerprint density at radius 2 is 1.37 bits per heavy atom. The van der Waals surface area contributed by atoms with Crippen molar-refractivity contribution in [3.05, 3.63) is 24.3 Å². The molecule has 3 aliphatic rings. The number of quaternary nitrogens is 2. The van der Waals surface area contributed by atoms with Crippen molar-refractivity contribution >= 4 is 5.69 Å². The largest absolute Gasteiger partial charge is 0.495 e. The number of hydrogen-bond acceptors (Lipinski definition) is 2. The Kier molecular flexibility index (Phi) is 6.56. The Morgan fingerprint density at radius 1 is 0.778 bits per heavy atom. The average Bonchev–Trinajstić information content (AvgIpc) is 3.04. The lowest BCUT2D eigenvalue weighted by molar-refractivity contribution is -0.968. The lowest BCUT2D eigenvalue weighted by Gasteiger charge is -2.41. The molecule has 2 aliphatic heterocycles. The second-order valence-electron chi connectivity index (χ2n) is 8.94. The van der Waals surface area contributed by atoms with Crippen molar-refractivity contribution in [2.75, 3.05) is 51.3 Å². The van der Waals surface area contributed by atoms with Gasteiger partial charge in [0.25, 0.3) is 0 Å². The molecule has 0 atom stereocenters. The molecule has 1 aromatic carbocycles. The van der Waals surface area contributed by atoms with Crippen LogP contribution >= 0.6 is 0 Å². The molecule has 2 heterocycles. The summed E-state index contributed by atoms with van der Waals surface area (Å²) in [5.74, 6) is 1.02. The van der Waals surface area contributed by atoms with Gasteiger partial charge in [0.05, 0.1) is 64.1 Å². The number of para-hydroxylation sites is 2. The number of benzene rings is 1. The van der Waals surface area contributed by atoms with Crippen molar-refractivity contribution in [2.45, 2.75) is 63.5 Å². The summed E-state index contributed by atoms with van der Waals surface area (Å²) in [4.78, 5) is 6.33. The number of anilines is 1. The molecule has 1 aliphatic carbocycles. The second-order valence-corrected chi connectivity index (χ2v) is 8.94. The molecule has 0 unspecified atom stereocenters. The van der Waals surface area contributed by atoms with Gasteiger partial charge in [-0.2, -0.15) is 0 Å². The maximum Gasteiger partial charge on any atom is 0.142 e. The molecule has 2 N–H and O–H groups in total. The quantitative estimate of drug-likeness (QED) is 0.774. The number of rotatable bonds is 4. The van der Waals surface area contributed by atoms with Crippen LogP contribution in [0.15, 0.2) is 24.3 Å². The third kappa shape index (κ3) is 4.60. The highest BCUT2D eigenvalue weighted by Crippen LogP contribution is 2.27.